The lowest BCUT2D eigenvalue weighted by atomic mass is 10.1. The molecule has 0 bridgehead atoms. The van der Waals surface area contributed by atoms with Crippen LogP contribution in [0.1, 0.15) is 22.5 Å². The van der Waals surface area contributed by atoms with Gasteiger partial charge in [0.15, 0.2) is 5.76 Å². The second-order valence-corrected chi connectivity index (χ2v) is 5.80. The van der Waals surface area contributed by atoms with Gasteiger partial charge in [-0.3, -0.25) is 9.59 Å². The normalized spacial score (nSPS) is 11.7. The number of carbonyl (C=O) groups excluding carboxylic acids is 2. The molecule has 2 amide bonds. The Morgan fingerprint density at radius 3 is 2.69 bits per heavy atom. The minimum absolute atomic E-state index is 0.175. The van der Waals surface area contributed by atoms with Crippen molar-refractivity contribution in [1.82, 2.24) is 20.2 Å². The number of hydrogen-bond acceptors (Lipinski definition) is 4. The summed E-state index contributed by atoms with van der Waals surface area (Å²) < 4.78 is 6.95. The first-order valence-corrected chi connectivity index (χ1v) is 8.34. The van der Waals surface area contributed by atoms with Crippen molar-refractivity contribution in [1.29, 1.82) is 0 Å². The molecule has 7 nitrogen and oxygen atoms in total. The van der Waals surface area contributed by atoms with Crippen molar-refractivity contribution < 1.29 is 14.0 Å². The fourth-order valence-electron chi connectivity index (χ4n) is 2.51. The number of imidazole rings is 1. The number of aryl methyl sites for hydroxylation is 1. The first-order valence-electron chi connectivity index (χ1n) is 8.34. The van der Waals surface area contributed by atoms with Gasteiger partial charge in [0.2, 0.25) is 5.91 Å². The molecule has 2 heterocycles. The third kappa shape index (κ3) is 4.83. The lowest BCUT2D eigenvalue weighted by molar-refractivity contribution is -0.123. The summed E-state index contributed by atoms with van der Waals surface area (Å²) >= 11 is 0. The summed E-state index contributed by atoms with van der Waals surface area (Å²) in [5.74, 6) is -0.483. The van der Waals surface area contributed by atoms with Gasteiger partial charge in [-0.05, 0) is 24.1 Å². The van der Waals surface area contributed by atoms with Gasteiger partial charge in [-0.1, -0.05) is 30.3 Å². The maximum Gasteiger partial charge on any atom is 0.287 e. The standard InChI is InChI=1S/C19H20N4O3/c24-18(21-13-15-5-2-1-3-6-15)16(8-10-23-11-9-20-14-23)22-19(25)17-7-4-12-26-17/h1-7,9,11-12,14,16H,8,10,13H2,(H,21,24)(H,22,25)/t16-/m0/s1. The van der Waals surface area contributed by atoms with Gasteiger partial charge >= 0.3 is 0 Å². The van der Waals surface area contributed by atoms with E-state index < -0.39 is 11.9 Å². The molecular weight excluding hydrogens is 332 g/mol. The molecule has 0 aliphatic heterocycles. The second kappa shape index (κ2) is 8.66. The highest BCUT2D eigenvalue weighted by Gasteiger charge is 2.22. The van der Waals surface area contributed by atoms with Crippen LogP contribution >= 0.6 is 0 Å². The Bertz CT molecular complexity index is 814. The average Bonchev–Trinajstić information content (AvgIpc) is 3.37. The zero-order chi connectivity index (χ0) is 18.2. The Balaban J connectivity index is 1.62. The first kappa shape index (κ1) is 17.5. The van der Waals surface area contributed by atoms with Crippen molar-refractivity contribution in [2.24, 2.45) is 0 Å². The number of furan rings is 1. The molecule has 2 N–H and O–H groups in total. The van der Waals surface area contributed by atoms with Gasteiger partial charge < -0.3 is 19.6 Å². The quantitative estimate of drug-likeness (QED) is 0.649. The van der Waals surface area contributed by atoms with E-state index in [1.54, 1.807) is 24.7 Å². The molecule has 0 aliphatic rings. The molecule has 3 rings (SSSR count). The van der Waals surface area contributed by atoms with E-state index in [1.807, 2.05) is 41.1 Å². The van der Waals surface area contributed by atoms with Gasteiger partial charge in [-0.25, -0.2) is 4.98 Å². The Kier molecular flexibility index (Phi) is 5.82. The smallest absolute Gasteiger partial charge is 0.287 e. The molecule has 0 spiro atoms. The van der Waals surface area contributed by atoms with Gasteiger partial charge in [0, 0.05) is 25.5 Å². The highest BCUT2D eigenvalue weighted by Crippen LogP contribution is 2.04. The van der Waals surface area contributed by atoms with Crippen LogP contribution in [-0.4, -0.2) is 27.4 Å². The molecule has 0 fully saturated rings. The zero-order valence-electron chi connectivity index (χ0n) is 14.2. The highest BCUT2D eigenvalue weighted by atomic mass is 16.3. The van der Waals surface area contributed by atoms with Crippen molar-refractivity contribution in [3.8, 4) is 0 Å². The van der Waals surface area contributed by atoms with Gasteiger partial charge in [-0.2, -0.15) is 0 Å². The zero-order valence-corrected chi connectivity index (χ0v) is 14.2. The topological polar surface area (TPSA) is 89.2 Å². The van der Waals surface area contributed by atoms with Crippen LogP contribution in [0.5, 0.6) is 0 Å². The third-order valence-corrected chi connectivity index (χ3v) is 3.91. The molecule has 134 valence electrons. The summed E-state index contributed by atoms with van der Waals surface area (Å²) in [6, 6.07) is 12.1. The van der Waals surface area contributed by atoms with Gasteiger partial charge in [0.25, 0.3) is 5.91 Å². The number of amides is 2. The Hall–Kier alpha value is -3.35. The van der Waals surface area contributed by atoms with E-state index in [1.165, 1.54) is 6.26 Å². The predicted octanol–water partition coefficient (Wildman–Crippen LogP) is 1.98. The van der Waals surface area contributed by atoms with Crippen molar-refractivity contribution in [3.05, 3.63) is 78.8 Å². The summed E-state index contributed by atoms with van der Waals surface area (Å²) in [5.41, 5.74) is 0.992. The number of nitrogens with one attached hydrogen (secondary N) is 2. The molecule has 0 saturated heterocycles. The molecule has 2 aromatic heterocycles. The summed E-state index contributed by atoms with van der Waals surface area (Å²) in [6.07, 6.45) is 7.01. The SMILES string of the molecule is O=C(N[C@@H](CCn1ccnc1)C(=O)NCc1ccccc1)c1ccco1. The first-order chi connectivity index (χ1) is 12.7. The van der Waals surface area contributed by atoms with E-state index in [-0.39, 0.29) is 11.7 Å². The van der Waals surface area contributed by atoms with Crippen LogP contribution in [-0.2, 0) is 17.9 Å². The molecule has 0 saturated carbocycles. The van der Waals surface area contributed by atoms with Gasteiger partial charge in [-0.15, -0.1) is 0 Å². The van der Waals surface area contributed by atoms with Crippen molar-refractivity contribution >= 4 is 11.8 Å². The summed E-state index contributed by atoms with van der Waals surface area (Å²) in [7, 11) is 0. The number of rotatable bonds is 8. The molecule has 0 radical (unpaired) electrons. The monoisotopic (exact) mass is 352 g/mol. The number of benzene rings is 1. The van der Waals surface area contributed by atoms with Crippen molar-refractivity contribution in [2.45, 2.75) is 25.6 Å². The fraction of sp³-hybridized carbons (Fsp3) is 0.211. The number of carbonyl (C=O) groups is 2. The number of hydrogen-bond donors (Lipinski definition) is 2. The van der Waals surface area contributed by atoms with Crippen LogP contribution in [0.15, 0.2) is 71.9 Å². The van der Waals surface area contributed by atoms with Gasteiger partial charge in [0.1, 0.15) is 6.04 Å². The maximum absolute atomic E-state index is 12.6. The number of aromatic nitrogens is 2. The van der Waals surface area contributed by atoms with Crippen LogP contribution in [0.2, 0.25) is 0 Å². The predicted molar refractivity (Wildman–Crippen MR) is 95.1 cm³/mol. The number of nitrogens with zero attached hydrogens (tertiary/aromatic N) is 2. The van der Waals surface area contributed by atoms with Crippen LogP contribution in [0.25, 0.3) is 0 Å². The third-order valence-electron chi connectivity index (χ3n) is 3.91. The second-order valence-electron chi connectivity index (χ2n) is 5.80. The van der Waals surface area contributed by atoms with E-state index in [4.69, 9.17) is 4.42 Å². The molecule has 3 aromatic rings. The van der Waals surface area contributed by atoms with Crippen molar-refractivity contribution in [2.75, 3.05) is 0 Å². The summed E-state index contributed by atoms with van der Waals surface area (Å²) in [5, 5.41) is 5.61. The Labute approximate surface area is 151 Å². The van der Waals surface area contributed by atoms with Crippen LogP contribution in [0.3, 0.4) is 0 Å². The molecule has 0 unspecified atom stereocenters. The lowest BCUT2D eigenvalue weighted by Crippen LogP contribution is -2.47. The maximum atomic E-state index is 12.6. The van der Waals surface area contributed by atoms with E-state index in [0.717, 1.165) is 5.56 Å². The van der Waals surface area contributed by atoms with Crippen LogP contribution in [0, 0.1) is 0 Å². The summed E-state index contributed by atoms with van der Waals surface area (Å²) in [4.78, 5) is 28.8. The molecule has 1 aromatic carbocycles. The summed E-state index contributed by atoms with van der Waals surface area (Å²) in [6.45, 7) is 0.958. The fourth-order valence-corrected chi connectivity index (χ4v) is 2.51. The van der Waals surface area contributed by atoms with Crippen LogP contribution < -0.4 is 10.6 Å². The molecule has 26 heavy (non-hydrogen) atoms. The van der Waals surface area contributed by atoms with Gasteiger partial charge in [0.05, 0.1) is 12.6 Å². The molecule has 1 atom stereocenters. The minimum atomic E-state index is -0.682. The van der Waals surface area contributed by atoms with E-state index in [0.29, 0.717) is 19.5 Å². The van der Waals surface area contributed by atoms with E-state index in [2.05, 4.69) is 15.6 Å². The van der Waals surface area contributed by atoms with Crippen molar-refractivity contribution in [3.63, 3.8) is 0 Å². The molecular formula is C19H20N4O3. The minimum Gasteiger partial charge on any atom is -0.459 e. The lowest BCUT2D eigenvalue weighted by Gasteiger charge is -2.18. The van der Waals surface area contributed by atoms with E-state index >= 15 is 0 Å². The van der Waals surface area contributed by atoms with Crippen LogP contribution in [0.4, 0.5) is 0 Å². The molecule has 0 aliphatic carbocycles. The Morgan fingerprint density at radius 1 is 1.15 bits per heavy atom. The van der Waals surface area contributed by atoms with E-state index in [9.17, 15) is 9.59 Å². The average molecular weight is 352 g/mol. The highest BCUT2D eigenvalue weighted by molar-refractivity contribution is 5.95. The molecule has 7 heteroatoms. The Morgan fingerprint density at radius 2 is 2.00 bits per heavy atom. The largest absolute Gasteiger partial charge is 0.459 e.